The maximum atomic E-state index is 3.21. The van der Waals surface area contributed by atoms with E-state index < -0.39 is 0 Å². The third kappa shape index (κ3) is 9.66. The Kier molecular flexibility index (Phi) is 7.52. The molecule has 2 N–H and O–H groups in total. The van der Waals surface area contributed by atoms with Crippen molar-refractivity contribution in [2.75, 3.05) is 20.3 Å². The molecule has 0 atom stereocenters. The summed E-state index contributed by atoms with van der Waals surface area (Å²) in [5, 5.41) is 6.23. The summed E-state index contributed by atoms with van der Waals surface area (Å²) in [6, 6.07) is 0. The number of hydrogen-bond donors (Lipinski definition) is 2. The van der Waals surface area contributed by atoms with Gasteiger partial charge >= 0.3 is 0 Å². The molecule has 0 heterocycles. The van der Waals surface area contributed by atoms with E-state index in [0.717, 1.165) is 19.1 Å². The van der Waals surface area contributed by atoms with Crippen LogP contribution in [-0.2, 0) is 0 Å². The maximum absolute atomic E-state index is 3.21. The molecule has 0 aromatic carbocycles. The Morgan fingerprint density at radius 2 is 2.00 bits per heavy atom. The Labute approximate surface area is 70.1 Å². The van der Waals surface area contributed by atoms with Gasteiger partial charge in [0, 0.05) is 13.2 Å². The van der Waals surface area contributed by atoms with Crippen LogP contribution in [0.5, 0.6) is 0 Å². The van der Waals surface area contributed by atoms with Crippen LogP contribution in [-0.4, -0.2) is 20.3 Å². The average molecular weight is 156 g/mol. The first-order valence-corrected chi connectivity index (χ1v) is 4.27. The number of allylic oxidation sites excluding steroid dienone is 1. The minimum atomic E-state index is 0.774. The van der Waals surface area contributed by atoms with Gasteiger partial charge in [-0.15, -0.1) is 0 Å². The van der Waals surface area contributed by atoms with Gasteiger partial charge in [0.2, 0.25) is 0 Å². The van der Waals surface area contributed by atoms with Crippen molar-refractivity contribution in [2.24, 2.45) is 5.92 Å². The van der Waals surface area contributed by atoms with Crippen LogP contribution in [0.1, 0.15) is 20.3 Å². The first kappa shape index (κ1) is 10.7. The standard InChI is InChI=1S/C9H20N2/c1-9(2)6-4-5-7-11-8-10-3/h4-5,9-11H,6-8H2,1-3H3/b5-4+. The van der Waals surface area contributed by atoms with Gasteiger partial charge in [0.15, 0.2) is 0 Å². The lowest BCUT2D eigenvalue weighted by molar-refractivity contribution is 0.654. The second-order valence-electron chi connectivity index (χ2n) is 3.09. The van der Waals surface area contributed by atoms with Crippen LogP contribution < -0.4 is 10.6 Å². The zero-order valence-electron chi connectivity index (χ0n) is 7.85. The molecule has 0 aromatic heterocycles. The van der Waals surface area contributed by atoms with E-state index >= 15 is 0 Å². The van der Waals surface area contributed by atoms with Crippen molar-refractivity contribution in [2.45, 2.75) is 20.3 Å². The highest BCUT2D eigenvalue weighted by molar-refractivity contribution is 4.84. The molecule has 0 aliphatic rings. The summed E-state index contributed by atoms with van der Waals surface area (Å²) in [4.78, 5) is 0. The molecule has 2 heteroatoms. The fraction of sp³-hybridized carbons (Fsp3) is 0.778. The monoisotopic (exact) mass is 156 g/mol. The largest absolute Gasteiger partial charge is 0.308 e. The van der Waals surface area contributed by atoms with Crippen molar-refractivity contribution in [1.82, 2.24) is 10.6 Å². The van der Waals surface area contributed by atoms with E-state index in [2.05, 4.69) is 36.6 Å². The lowest BCUT2D eigenvalue weighted by Gasteiger charge is -1.99. The van der Waals surface area contributed by atoms with Crippen LogP contribution in [0.3, 0.4) is 0 Å². The molecule has 66 valence electrons. The van der Waals surface area contributed by atoms with E-state index in [4.69, 9.17) is 0 Å². The second kappa shape index (κ2) is 7.76. The summed E-state index contributed by atoms with van der Waals surface area (Å²) in [6.07, 6.45) is 5.59. The number of nitrogens with one attached hydrogen (secondary N) is 2. The van der Waals surface area contributed by atoms with Crippen LogP contribution in [0.2, 0.25) is 0 Å². The summed E-state index contributed by atoms with van der Waals surface area (Å²) in [6.45, 7) is 6.30. The minimum Gasteiger partial charge on any atom is -0.308 e. The lowest BCUT2D eigenvalue weighted by atomic mass is 10.1. The van der Waals surface area contributed by atoms with Gasteiger partial charge in [-0.05, 0) is 19.4 Å². The first-order chi connectivity index (χ1) is 5.27. The summed E-state index contributed by atoms with van der Waals surface area (Å²) in [7, 11) is 1.94. The van der Waals surface area contributed by atoms with Gasteiger partial charge in [-0.2, -0.15) is 0 Å². The maximum Gasteiger partial charge on any atom is 0.0454 e. The van der Waals surface area contributed by atoms with Crippen molar-refractivity contribution in [3.8, 4) is 0 Å². The van der Waals surface area contributed by atoms with Crippen molar-refractivity contribution >= 4 is 0 Å². The van der Waals surface area contributed by atoms with E-state index in [9.17, 15) is 0 Å². The predicted octanol–water partition coefficient (Wildman–Crippen LogP) is 1.36. The van der Waals surface area contributed by atoms with Crippen molar-refractivity contribution in [1.29, 1.82) is 0 Å². The molecule has 0 spiro atoms. The van der Waals surface area contributed by atoms with Crippen molar-refractivity contribution < 1.29 is 0 Å². The van der Waals surface area contributed by atoms with E-state index in [0.29, 0.717) is 0 Å². The zero-order valence-corrected chi connectivity index (χ0v) is 7.85. The normalized spacial score (nSPS) is 11.6. The smallest absolute Gasteiger partial charge is 0.0454 e. The van der Waals surface area contributed by atoms with Crippen LogP contribution in [0, 0.1) is 5.92 Å². The predicted molar refractivity (Wildman–Crippen MR) is 50.5 cm³/mol. The van der Waals surface area contributed by atoms with Crippen LogP contribution in [0.15, 0.2) is 12.2 Å². The summed E-state index contributed by atoms with van der Waals surface area (Å²) < 4.78 is 0. The van der Waals surface area contributed by atoms with Gasteiger partial charge < -0.3 is 10.6 Å². The second-order valence-corrected chi connectivity index (χ2v) is 3.09. The molecular formula is C9H20N2. The molecule has 2 nitrogen and oxygen atoms in total. The summed E-state index contributed by atoms with van der Waals surface area (Å²) in [5.41, 5.74) is 0. The fourth-order valence-corrected chi connectivity index (χ4v) is 0.732. The highest BCUT2D eigenvalue weighted by atomic mass is 15.0. The lowest BCUT2D eigenvalue weighted by Crippen LogP contribution is -2.25. The van der Waals surface area contributed by atoms with E-state index in [1.807, 2.05) is 7.05 Å². The Morgan fingerprint density at radius 3 is 2.55 bits per heavy atom. The third-order valence-corrected chi connectivity index (χ3v) is 1.34. The van der Waals surface area contributed by atoms with Gasteiger partial charge in [0.1, 0.15) is 0 Å². The van der Waals surface area contributed by atoms with Crippen molar-refractivity contribution in [3.05, 3.63) is 12.2 Å². The topological polar surface area (TPSA) is 24.1 Å². The Balaban J connectivity index is 3.03. The van der Waals surface area contributed by atoms with Crippen LogP contribution >= 0.6 is 0 Å². The van der Waals surface area contributed by atoms with E-state index in [-0.39, 0.29) is 0 Å². The fourth-order valence-electron chi connectivity index (χ4n) is 0.732. The summed E-state index contributed by atoms with van der Waals surface area (Å²) >= 11 is 0. The molecule has 0 rings (SSSR count). The first-order valence-electron chi connectivity index (χ1n) is 4.27. The number of rotatable bonds is 6. The van der Waals surface area contributed by atoms with Crippen LogP contribution in [0.25, 0.3) is 0 Å². The summed E-state index contributed by atoms with van der Waals surface area (Å²) in [5.74, 6) is 0.774. The quantitative estimate of drug-likeness (QED) is 0.345. The van der Waals surface area contributed by atoms with Gasteiger partial charge in [-0.3, -0.25) is 0 Å². The van der Waals surface area contributed by atoms with Gasteiger partial charge in [0.05, 0.1) is 0 Å². The average Bonchev–Trinajstić information content (AvgIpc) is 1.96. The molecule has 0 fully saturated rings. The number of hydrogen-bond acceptors (Lipinski definition) is 2. The molecule has 0 aromatic rings. The highest BCUT2D eigenvalue weighted by Crippen LogP contribution is 1.98. The van der Waals surface area contributed by atoms with E-state index in [1.165, 1.54) is 6.42 Å². The van der Waals surface area contributed by atoms with Gasteiger partial charge in [-0.1, -0.05) is 26.0 Å². The molecule has 0 aliphatic heterocycles. The molecule has 0 unspecified atom stereocenters. The van der Waals surface area contributed by atoms with Crippen molar-refractivity contribution in [3.63, 3.8) is 0 Å². The zero-order chi connectivity index (χ0) is 8.53. The molecule has 0 amide bonds. The minimum absolute atomic E-state index is 0.774. The van der Waals surface area contributed by atoms with Gasteiger partial charge in [0.25, 0.3) is 0 Å². The molecule has 0 aliphatic carbocycles. The Hall–Kier alpha value is -0.340. The molecule has 0 radical (unpaired) electrons. The van der Waals surface area contributed by atoms with E-state index in [1.54, 1.807) is 0 Å². The molecule has 0 bridgehead atoms. The molecule has 0 saturated heterocycles. The SMILES string of the molecule is CNCNC/C=C/CC(C)C. The third-order valence-electron chi connectivity index (χ3n) is 1.34. The van der Waals surface area contributed by atoms with Gasteiger partial charge in [-0.25, -0.2) is 0 Å². The van der Waals surface area contributed by atoms with Crippen LogP contribution in [0.4, 0.5) is 0 Å². The Morgan fingerprint density at radius 1 is 1.27 bits per heavy atom. The highest BCUT2D eigenvalue weighted by Gasteiger charge is 1.85. The molecular weight excluding hydrogens is 136 g/mol. The molecule has 11 heavy (non-hydrogen) atoms. The Bertz CT molecular complexity index is 97.7. The molecule has 0 saturated carbocycles.